The summed E-state index contributed by atoms with van der Waals surface area (Å²) >= 11 is 0. The summed E-state index contributed by atoms with van der Waals surface area (Å²) in [4.78, 5) is 2.28. The highest BCUT2D eigenvalue weighted by atomic mass is 19.4. The van der Waals surface area contributed by atoms with Gasteiger partial charge in [-0.1, -0.05) is 6.07 Å². The van der Waals surface area contributed by atoms with Crippen LogP contribution < -0.4 is 5.32 Å². The molecule has 1 N–H and O–H groups in total. The molecule has 0 amide bonds. The minimum atomic E-state index is -4.52. The maximum atomic E-state index is 12.9. The maximum absolute atomic E-state index is 12.9. The molecule has 0 spiro atoms. The monoisotopic (exact) mass is 290 g/mol. The van der Waals surface area contributed by atoms with Crippen LogP contribution in [0.3, 0.4) is 0 Å². The van der Waals surface area contributed by atoms with Crippen LogP contribution in [0.15, 0.2) is 18.2 Å². The molecule has 1 heterocycles. The van der Waals surface area contributed by atoms with Crippen LogP contribution in [0.5, 0.6) is 0 Å². The molecule has 112 valence electrons. The molecule has 1 fully saturated rings. The largest absolute Gasteiger partial charge is 0.416 e. The third-order valence-electron chi connectivity index (χ3n) is 3.50. The lowest BCUT2D eigenvalue weighted by Gasteiger charge is -2.16. The Morgan fingerprint density at radius 1 is 1.15 bits per heavy atom. The molecule has 2 nitrogen and oxygen atoms in total. The summed E-state index contributed by atoms with van der Waals surface area (Å²) in [5, 5.41) is 3.00. The molecule has 2 rings (SSSR count). The van der Waals surface area contributed by atoms with Crippen LogP contribution in [-0.2, 0) is 12.7 Å². The first-order valence-electron chi connectivity index (χ1n) is 6.75. The highest BCUT2D eigenvalue weighted by Crippen LogP contribution is 2.32. The van der Waals surface area contributed by atoms with Crippen molar-refractivity contribution in [2.75, 3.05) is 26.2 Å². The molecule has 1 saturated heterocycles. The lowest BCUT2D eigenvalue weighted by atomic mass is 10.1. The van der Waals surface area contributed by atoms with Crippen molar-refractivity contribution in [2.45, 2.75) is 25.6 Å². The van der Waals surface area contributed by atoms with E-state index in [4.69, 9.17) is 0 Å². The van der Waals surface area contributed by atoms with Crippen molar-refractivity contribution in [2.24, 2.45) is 0 Å². The van der Waals surface area contributed by atoms with Crippen LogP contribution in [0.2, 0.25) is 0 Å². The first kappa shape index (κ1) is 15.3. The summed E-state index contributed by atoms with van der Waals surface area (Å²) in [7, 11) is 0. The van der Waals surface area contributed by atoms with Crippen LogP contribution in [0.1, 0.15) is 24.0 Å². The molecule has 1 aliphatic heterocycles. The van der Waals surface area contributed by atoms with Crippen LogP contribution in [-0.4, -0.2) is 31.1 Å². The van der Waals surface area contributed by atoms with Gasteiger partial charge in [-0.3, -0.25) is 0 Å². The lowest BCUT2D eigenvalue weighted by Crippen LogP contribution is -2.30. The van der Waals surface area contributed by atoms with Gasteiger partial charge in [-0.25, -0.2) is 4.39 Å². The molecule has 1 aliphatic rings. The summed E-state index contributed by atoms with van der Waals surface area (Å²) in [6.07, 6.45) is -2.14. The highest BCUT2D eigenvalue weighted by Gasteiger charge is 2.33. The van der Waals surface area contributed by atoms with Gasteiger partial charge in [0.2, 0.25) is 0 Å². The Morgan fingerprint density at radius 2 is 1.85 bits per heavy atom. The Balaban J connectivity index is 1.88. The second-order valence-electron chi connectivity index (χ2n) is 5.02. The van der Waals surface area contributed by atoms with E-state index in [9.17, 15) is 17.6 Å². The van der Waals surface area contributed by atoms with Gasteiger partial charge in [0.05, 0.1) is 5.56 Å². The third-order valence-corrected chi connectivity index (χ3v) is 3.50. The Bertz CT molecular complexity index is 439. The first-order valence-corrected chi connectivity index (χ1v) is 6.75. The zero-order valence-corrected chi connectivity index (χ0v) is 11.1. The Labute approximate surface area is 115 Å². The summed E-state index contributed by atoms with van der Waals surface area (Å²) in [5.41, 5.74) is -0.813. The fourth-order valence-corrected chi connectivity index (χ4v) is 2.43. The second kappa shape index (κ2) is 6.54. The second-order valence-corrected chi connectivity index (χ2v) is 5.02. The van der Waals surface area contributed by atoms with Crippen molar-refractivity contribution in [3.05, 3.63) is 35.1 Å². The molecule has 0 bridgehead atoms. The molecule has 1 aromatic rings. The van der Waals surface area contributed by atoms with E-state index in [-0.39, 0.29) is 12.1 Å². The molecule has 0 aromatic heterocycles. The Hall–Kier alpha value is -1.14. The number of nitrogens with one attached hydrogen (secondary N) is 1. The van der Waals surface area contributed by atoms with Crippen molar-refractivity contribution >= 4 is 0 Å². The van der Waals surface area contributed by atoms with Crippen LogP contribution in [0, 0.1) is 5.82 Å². The van der Waals surface area contributed by atoms with Crippen LogP contribution in [0.25, 0.3) is 0 Å². The molecule has 0 aliphatic carbocycles. The summed E-state index contributed by atoms with van der Waals surface area (Å²) < 4.78 is 51.3. The quantitative estimate of drug-likeness (QED) is 0.662. The van der Waals surface area contributed by atoms with E-state index in [2.05, 4.69) is 10.2 Å². The SMILES string of the molecule is Fc1ccc(CNCCN2CCCC2)c(C(F)(F)F)c1. The fraction of sp³-hybridized carbons (Fsp3) is 0.571. The third kappa shape index (κ3) is 4.18. The van der Waals surface area contributed by atoms with E-state index in [0.717, 1.165) is 25.7 Å². The van der Waals surface area contributed by atoms with Gasteiger partial charge in [0.1, 0.15) is 5.82 Å². The lowest BCUT2D eigenvalue weighted by molar-refractivity contribution is -0.138. The Kier molecular flexibility index (Phi) is 4.99. The van der Waals surface area contributed by atoms with Crippen molar-refractivity contribution in [1.29, 1.82) is 0 Å². The summed E-state index contributed by atoms with van der Waals surface area (Å²) in [5.74, 6) is -0.863. The number of hydrogen-bond donors (Lipinski definition) is 1. The van der Waals surface area contributed by atoms with E-state index in [1.165, 1.54) is 18.9 Å². The van der Waals surface area contributed by atoms with Gasteiger partial charge >= 0.3 is 6.18 Å². The standard InChI is InChI=1S/C14H18F4N2/c15-12-4-3-11(13(9-12)14(16,17)18)10-19-5-8-20-6-1-2-7-20/h3-4,9,19H,1-2,5-8,10H2. The average Bonchev–Trinajstić information content (AvgIpc) is 2.88. The van der Waals surface area contributed by atoms with Crippen molar-refractivity contribution in [1.82, 2.24) is 10.2 Å². The van der Waals surface area contributed by atoms with E-state index in [0.29, 0.717) is 12.6 Å². The molecule has 0 radical (unpaired) electrons. The minimum Gasteiger partial charge on any atom is -0.311 e. The number of likely N-dealkylation sites (tertiary alicyclic amines) is 1. The van der Waals surface area contributed by atoms with Crippen LogP contribution >= 0.6 is 0 Å². The fourth-order valence-electron chi connectivity index (χ4n) is 2.43. The number of benzene rings is 1. The highest BCUT2D eigenvalue weighted by molar-refractivity contribution is 5.30. The summed E-state index contributed by atoms with van der Waals surface area (Å²) in [6, 6.07) is 2.81. The van der Waals surface area contributed by atoms with Gasteiger partial charge in [0, 0.05) is 19.6 Å². The molecular weight excluding hydrogens is 272 g/mol. The van der Waals surface area contributed by atoms with Gasteiger partial charge in [-0.2, -0.15) is 13.2 Å². The summed E-state index contributed by atoms with van der Waals surface area (Å²) in [6.45, 7) is 3.69. The predicted octanol–water partition coefficient (Wildman–Crippen LogP) is 3.03. The van der Waals surface area contributed by atoms with E-state index in [1.807, 2.05) is 0 Å². The van der Waals surface area contributed by atoms with Gasteiger partial charge in [0.25, 0.3) is 0 Å². The number of nitrogens with zero attached hydrogens (tertiary/aromatic N) is 1. The molecule has 1 aromatic carbocycles. The van der Waals surface area contributed by atoms with E-state index in [1.54, 1.807) is 0 Å². The number of alkyl halides is 3. The molecule has 0 atom stereocenters. The zero-order valence-electron chi connectivity index (χ0n) is 11.1. The van der Waals surface area contributed by atoms with E-state index < -0.39 is 17.6 Å². The van der Waals surface area contributed by atoms with Crippen molar-refractivity contribution in [3.8, 4) is 0 Å². The van der Waals surface area contributed by atoms with Gasteiger partial charge in [-0.15, -0.1) is 0 Å². The van der Waals surface area contributed by atoms with E-state index >= 15 is 0 Å². The molecule has 0 unspecified atom stereocenters. The maximum Gasteiger partial charge on any atom is 0.416 e. The predicted molar refractivity (Wildman–Crippen MR) is 68.8 cm³/mol. The van der Waals surface area contributed by atoms with Crippen molar-refractivity contribution in [3.63, 3.8) is 0 Å². The molecule has 20 heavy (non-hydrogen) atoms. The van der Waals surface area contributed by atoms with Gasteiger partial charge in [0.15, 0.2) is 0 Å². The first-order chi connectivity index (χ1) is 9.47. The number of hydrogen-bond acceptors (Lipinski definition) is 2. The smallest absolute Gasteiger partial charge is 0.311 e. The van der Waals surface area contributed by atoms with Crippen LogP contribution in [0.4, 0.5) is 17.6 Å². The minimum absolute atomic E-state index is 0.0836. The molecule has 0 saturated carbocycles. The van der Waals surface area contributed by atoms with Gasteiger partial charge < -0.3 is 10.2 Å². The number of halogens is 4. The zero-order chi connectivity index (χ0) is 14.6. The molecule has 6 heteroatoms. The number of rotatable bonds is 5. The topological polar surface area (TPSA) is 15.3 Å². The van der Waals surface area contributed by atoms with Gasteiger partial charge in [-0.05, 0) is 43.6 Å². The Morgan fingerprint density at radius 3 is 2.50 bits per heavy atom. The molecular formula is C14H18F4N2. The normalized spacial score (nSPS) is 16.8. The average molecular weight is 290 g/mol. The van der Waals surface area contributed by atoms with Crippen molar-refractivity contribution < 1.29 is 17.6 Å².